The maximum Gasteiger partial charge on any atom is 0.254 e. The fraction of sp³-hybridized carbons (Fsp3) is 0.533. The maximum atomic E-state index is 12.5. The van der Waals surface area contributed by atoms with E-state index in [9.17, 15) is 4.79 Å². The summed E-state index contributed by atoms with van der Waals surface area (Å²) in [6.07, 6.45) is 1.06. The topological polar surface area (TPSA) is 32.3 Å². The highest BCUT2D eigenvalue weighted by molar-refractivity contribution is 5.94. The fourth-order valence-corrected chi connectivity index (χ4v) is 2.51. The monoisotopic (exact) mass is 246 g/mol. The van der Waals surface area contributed by atoms with E-state index in [2.05, 4.69) is 26.1 Å². The van der Waals surface area contributed by atoms with Crippen LogP contribution in [0.5, 0.6) is 0 Å². The highest BCUT2D eigenvalue weighted by Gasteiger charge is 2.25. The number of hydrogen-bond acceptors (Lipinski definition) is 2. The molecule has 0 aliphatic carbocycles. The normalized spacial score (nSPS) is 18.9. The lowest BCUT2D eigenvalue weighted by atomic mass is 10.0. The van der Waals surface area contributed by atoms with Crippen LogP contribution in [-0.4, -0.2) is 36.5 Å². The third kappa shape index (κ3) is 2.56. The molecule has 1 aromatic rings. The summed E-state index contributed by atoms with van der Waals surface area (Å²) >= 11 is 0. The number of carbonyl (C=O) groups excluding carboxylic acids is 1. The number of nitrogens with zero attached hydrogens (tertiary/aromatic N) is 1. The van der Waals surface area contributed by atoms with Gasteiger partial charge in [0.15, 0.2) is 0 Å². The molecule has 1 saturated heterocycles. The van der Waals surface area contributed by atoms with Gasteiger partial charge in [0.05, 0.1) is 0 Å². The largest absolute Gasteiger partial charge is 0.335 e. The molecule has 0 saturated carbocycles. The van der Waals surface area contributed by atoms with Gasteiger partial charge in [-0.25, -0.2) is 0 Å². The molecule has 1 N–H and O–H groups in total. The van der Waals surface area contributed by atoms with Crippen LogP contribution in [0, 0.1) is 13.8 Å². The molecule has 3 nitrogen and oxygen atoms in total. The van der Waals surface area contributed by atoms with Gasteiger partial charge in [0, 0.05) is 24.7 Å². The van der Waals surface area contributed by atoms with Crippen LogP contribution in [0.25, 0.3) is 0 Å². The fourth-order valence-electron chi connectivity index (χ4n) is 2.51. The van der Waals surface area contributed by atoms with Crippen molar-refractivity contribution in [3.8, 4) is 0 Å². The minimum absolute atomic E-state index is 0.161. The van der Waals surface area contributed by atoms with E-state index >= 15 is 0 Å². The van der Waals surface area contributed by atoms with E-state index in [0.29, 0.717) is 6.04 Å². The van der Waals surface area contributed by atoms with Gasteiger partial charge in [0.25, 0.3) is 5.91 Å². The molecule has 2 rings (SSSR count). The van der Waals surface area contributed by atoms with Gasteiger partial charge in [-0.3, -0.25) is 4.79 Å². The number of nitrogens with one attached hydrogen (secondary N) is 1. The van der Waals surface area contributed by atoms with Crippen molar-refractivity contribution in [1.82, 2.24) is 10.2 Å². The average molecular weight is 246 g/mol. The summed E-state index contributed by atoms with van der Waals surface area (Å²) in [5.74, 6) is 0.161. The molecule has 98 valence electrons. The van der Waals surface area contributed by atoms with E-state index < -0.39 is 0 Å². The number of rotatable bonds is 3. The Morgan fingerprint density at radius 2 is 2.17 bits per heavy atom. The van der Waals surface area contributed by atoms with Crippen LogP contribution in [0.3, 0.4) is 0 Å². The minimum atomic E-state index is 0.161. The van der Waals surface area contributed by atoms with Gasteiger partial charge >= 0.3 is 0 Å². The summed E-state index contributed by atoms with van der Waals surface area (Å²) in [6, 6.07) is 6.32. The maximum absolute atomic E-state index is 12.5. The average Bonchev–Trinajstić information content (AvgIpc) is 2.87. The van der Waals surface area contributed by atoms with Gasteiger partial charge in [-0.2, -0.15) is 0 Å². The van der Waals surface area contributed by atoms with E-state index in [-0.39, 0.29) is 5.91 Å². The second-order valence-corrected chi connectivity index (χ2v) is 5.04. The zero-order valence-corrected chi connectivity index (χ0v) is 11.5. The van der Waals surface area contributed by atoms with Crippen molar-refractivity contribution in [2.24, 2.45) is 0 Å². The predicted octanol–water partition coefficient (Wildman–Crippen LogP) is 2.13. The molecule has 1 aliphatic rings. The highest BCUT2D eigenvalue weighted by atomic mass is 16.2. The second kappa shape index (κ2) is 5.53. The zero-order valence-electron chi connectivity index (χ0n) is 11.5. The van der Waals surface area contributed by atoms with E-state index in [1.54, 1.807) is 0 Å². The first-order valence-corrected chi connectivity index (χ1v) is 6.72. The van der Waals surface area contributed by atoms with Crippen molar-refractivity contribution in [3.05, 3.63) is 34.9 Å². The van der Waals surface area contributed by atoms with Crippen molar-refractivity contribution in [2.75, 3.05) is 19.6 Å². The molecule has 1 aromatic carbocycles. The molecule has 1 amide bonds. The lowest BCUT2D eigenvalue weighted by Crippen LogP contribution is -2.41. The van der Waals surface area contributed by atoms with Crippen LogP contribution in [-0.2, 0) is 0 Å². The number of amides is 1. The Hall–Kier alpha value is -1.35. The zero-order chi connectivity index (χ0) is 13.1. The summed E-state index contributed by atoms with van der Waals surface area (Å²) in [6.45, 7) is 8.89. The molecule has 1 fully saturated rings. The lowest BCUT2D eigenvalue weighted by Gasteiger charge is -2.27. The quantitative estimate of drug-likeness (QED) is 0.886. The Bertz CT molecular complexity index is 436. The molecule has 1 aliphatic heterocycles. The van der Waals surface area contributed by atoms with Crippen molar-refractivity contribution in [3.63, 3.8) is 0 Å². The van der Waals surface area contributed by atoms with Gasteiger partial charge < -0.3 is 10.2 Å². The summed E-state index contributed by atoms with van der Waals surface area (Å²) < 4.78 is 0. The smallest absolute Gasteiger partial charge is 0.254 e. The summed E-state index contributed by atoms with van der Waals surface area (Å²) in [5.41, 5.74) is 3.23. The van der Waals surface area contributed by atoms with Crippen molar-refractivity contribution in [1.29, 1.82) is 0 Å². The molecule has 1 unspecified atom stereocenters. The van der Waals surface area contributed by atoms with E-state index in [1.807, 2.05) is 23.1 Å². The summed E-state index contributed by atoms with van der Waals surface area (Å²) in [5, 5.41) is 3.32. The molecule has 0 aromatic heterocycles. The Labute approximate surface area is 109 Å². The van der Waals surface area contributed by atoms with Crippen LogP contribution in [0.1, 0.15) is 34.8 Å². The Balaban J connectivity index is 2.19. The number of likely N-dealkylation sites (N-methyl/N-ethyl adjacent to an activating group) is 1. The Morgan fingerprint density at radius 1 is 1.39 bits per heavy atom. The SMILES string of the molecule is CCN(C(=O)c1ccc(C)c(C)c1)C1CCNC1. The molecule has 3 heteroatoms. The van der Waals surface area contributed by atoms with Crippen LogP contribution in [0.15, 0.2) is 18.2 Å². The summed E-state index contributed by atoms with van der Waals surface area (Å²) in [7, 11) is 0. The standard InChI is InChI=1S/C15H22N2O/c1-4-17(14-7-8-16-10-14)15(18)13-6-5-11(2)12(3)9-13/h5-6,9,14,16H,4,7-8,10H2,1-3H3. The number of aryl methyl sites for hydroxylation is 2. The highest BCUT2D eigenvalue weighted by Crippen LogP contribution is 2.16. The minimum Gasteiger partial charge on any atom is -0.335 e. The molecule has 18 heavy (non-hydrogen) atoms. The van der Waals surface area contributed by atoms with Gasteiger partial charge in [0.1, 0.15) is 0 Å². The first-order chi connectivity index (χ1) is 8.63. The van der Waals surface area contributed by atoms with E-state index in [4.69, 9.17) is 0 Å². The third-order valence-corrected chi connectivity index (χ3v) is 3.83. The van der Waals surface area contributed by atoms with Gasteiger partial charge in [-0.15, -0.1) is 0 Å². The first-order valence-electron chi connectivity index (χ1n) is 6.72. The molecule has 0 radical (unpaired) electrons. The molecule has 1 atom stereocenters. The first kappa shape index (κ1) is 13.1. The van der Waals surface area contributed by atoms with E-state index in [1.165, 1.54) is 11.1 Å². The van der Waals surface area contributed by atoms with E-state index in [0.717, 1.165) is 31.6 Å². The third-order valence-electron chi connectivity index (χ3n) is 3.83. The van der Waals surface area contributed by atoms with Gasteiger partial charge in [-0.05, 0) is 57.0 Å². The van der Waals surface area contributed by atoms with Crippen molar-refractivity contribution in [2.45, 2.75) is 33.2 Å². The van der Waals surface area contributed by atoms with Crippen LogP contribution < -0.4 is 5.32 Å². The second-order valence-electron chi connectivity index (χ2n) is 5.04. The molecule has 0 bridgehead atoms. The molecule has 0 spiro atoms. The van der Waals surface area contributed by atoms with Crippen molar-refractivity contribution < 1.29 is 4.79 Å². The van der Waals surface area contributed by atoms with Crippen molar-refractivity contribution >= 4 is 5.91 Å². The predicted molar refractivity (Wildman–Crippen MR) is 73.9 cm³/mol. The van der Waals surface area contributed by atoms with Crippen LogP contribution >= 0.6 is 0 Å². The summed E-state index contributed by atoms with van der Waals surface area (Å²) in [4.78, 5) is 14.5. The number of benzene rings is 1. The molecule has 1 heterocycles. The number of hydrogen-bond donors (Lipinski definition) is 1. The van der Waals surface area contributed by atoms with Gasteiger partial charge in [-0.1, -0.05) is 6.07 Å². The number of carbonyl (C=O) groups is 1. The Kier molecular flexibility index (Phi) is 4.02. The molecular formula is C15H22N2O. The van der Waals surface area contributed by atoms with Gasteiger partial charge in [0.2, 0.25) is 0 Å². The van der Waals surface area contributed by atoms with Crippen LogP contribution in [0.2, 0.25) is 0 Å². The van der Waals surface area contributed by atoms with Crippen LogP contribution in [0.4, 0.5) is 0 Å². The molecular weight excluding hydrogens is 224 g/mol. The lowest BCUT2D eigenvalue weighted by molar-refractivity contribution is 0.0703. The Morgan fingerprint density at radius 3 is 2.72 bits per heavy atom.